The Morgan fingerprint density at radius 1 is 1.05 bits per heavy atom. The first-order valence-corrected chi connectivity index (χ1v) is 6.72. The molecule has 6 heteroatoms. The summed E-state index contributed by atoms with van der Waals surface area (Å²) in [6.07, 6.45) is 0. The molecule has 5 nitrogen and oxygen atoms in total. The fraction of sp³-hybridized carbons (Fsp3) is 0. The van der Waals surface area contributed by atoms with Gasteiger partial charge in [-0.25, -0.2) is 4.79 Å². The molecule has 3 aromatic rings. The minimum Gasteiger partial charge on any atom is -0.425 e. The van der Waals surface area contributed by atoms with Crippen LogP contribution in [0.4, 0.5) is 0 Å². The third-order valence-electron chi connectivity index (χ3n) is 3.06. The highest BCUT2D eigenvalue weighted by molar-refractivity contribution is 6.31. The largest absolute Gasteiger partial charge is 0.425 e. The first-order valence-electron chi connectivity index (χ1n) is 6.35. The average molecular weight is 316 g/mol. The van der Waals surface area contributed by atoms with Crippen LogP contribution in [0.15, 0.2) is 52.9 Å². The maximum Gasteiger partial charge on any atom is 0.346 e. The predicted octanol–water partition coefficient (Wildman–Crippen LogP) is 3.40. The molecule has 0 spiro atoms. The van der Waals surface area contributed by atoms with Gasteiger partial charge >= 0.3 is 5.97 Å². The molecule has 0 saturated heterocycles. The van der Waals surface area contributed by atoms with Gasteiger partial charge in [0.1, 0.15) is 5.58 Å². The standard InChI is InChI=1S/C16H10ClNO4/c17-10-5-6-11(12(8-10)15(18)19)16(20)22-14-7-9-3-1-2-4-13(9)21-14/h1-8H,(H2,18,19). The second-order valence-corrected chi connectivity index (χ2v) is 4.98. The molecule has 0 aliphatic rings. The van der Waals surface area contributed by atoms with Gasteiger partial charge in [0.05, 0.1) is 11.1 Å². The molecule has 22 heavy (non-hydrogen) atoms. The van der Waals surface area contributed by atoms with E-state index in [1.807, 2.05) is 18.2 Å². The molecule has 0 unspecified atom stereocenters. The summed E-state index contributed by atoms with van der Waals surface area (Å²) in [7, 11) is 0. The number of hydrogen-bond donors (Lipinski definition) is 1. The molecule has 0 fully saturated rings. The van der Waals surface area contributed by atoms with Crippen molar-refractivity contribution in [1.29, 1.82) is 0 Å². The number of primary amides is 1. The topological polar surface area (TPSA) is 82.5 Å². The Morgan fingerprint density at radius 3 is 2.55 bits per heavy atom. The summed E-state index contributed by atoms with van der Waals surface area (Å²) in [6, 6.07) is 13.0. The zero-order chi connectivity index (χ0) is 15.7. The molecule has 0 aliphatic carbocycles. The van der Waals surface area contributed by atoms with E-state index >= 15 is 0 Å². The van der Waals surface area contributed by atoms with Crippen molar-refractivity contribution in [3.63, 3.8) is 0 Å². The quantitative estimate of drug-likeness (QED) is 0.751. The van der Waals surface area contributed by atoms with Gasteiger partial charge in [0, 0.05) is 16.5 Å². The lowest BCUT2D eigenvalue weighted by atomic mass is 10.1. The van der Waals surface area contributed by atoms with Crippen molar-refractivity contribution in [1.82, 2.24) is 0 Å². The van der Waals surface area contributed by atoms with E-state index in [-0.39, 0.29) is 17.1 Å². The van der Waals surface area contributed by atoms with Crippen LogP contribution in [-0.4, -0.2) is 11.9 Å². The third-order valence-corrected chi connectivity index (χ3v) is 3.30. The van der Waals surface area contributed by atoms with Crippen molar-refractivity contribution in [2.75, 3.05) is 0 Å². The molecule has 2 N–H and O–H groups in total. The molecule has 1 heterocycles. The zero-order valence-electron chi connectivity index (χ0n) is 11.2. The van der Waals surface area contributed by atoms with Crippen LogP contribution >= 0.6 is 11.6 Å². The van der Waals surface area contributed by atoms with Gasteiger partial charge in [0.25, 0.3) is 5.95 Å². The van der Waals surface area contributed by atoms with Crippen molar-refractivity contribution >= 4 is 34.4 Å². The Bertz CT molecular complexity index is 852. The molecule has 0 atom stereocenters. The van der Waals surface area contributed by atoms with E-state index < -0.39 is 11.9 Å². The molecular weight excluding hydrogens is 306 g/mol. The number of rotatable bonds is 3. The van der Waals surface area contributed by atoms with Crippen LogP contribution in [0, 0.1) is 0 Å². The van der Waals surface area contributed by atoms with Gasteiger partial charge in [-0.3, -0.25) is 4.79 Å². The smallest absolute Gasteiger partial charge is 0.346 e. The monoisotopic (exact) mass is 315 g/mol. The predicted molar refractivity (Wildman–Crippen MR) is 81.1 cm³/mol. The third kappa shape index (κ3) is 2.66. The lowest BCUT2D eigenvalue weighted by Gasteiger charge is -2.05. The highest BCUT2D eigenvalue weighted by Gasteiger charge is 2.19. The number of ether oxygens (including phenoxy) is 1. The van der Waals surface area contributed by atoms with E-state index in [9.17, 15) is 9.59 Å². The summed E-state index contributed by atoms with van der Waals surface area (Å²) in [5.74, 6) is -1.47. The fourth-order valence-electron chi connectivity index (χ4n) is 2.05. The van der Waals surface area contributed by atoms with Gasteiger partial charge in [-0.2, -0.15) is 0 Å². The number of para-hydroxylation sites is 1. The number of nitrogens with two attached hydrogens (primary N) is 1. The molecule has 110 valence electrons. The van der Waals surface area contributed by atoms with Crippen molar-refractivity contribution in [3.05, 3.63) is 64.7 Å². The lowest BCUT2D eigenvalue weighted by molar-refractivity contribution is 0.0693. The van der Waals surface area contributed by atoms with E-state index in [2.05, 4.69) is 0 Å². The summed E-state index contributed by atoms with van der Waals surface area (Å²) in [6.45, 7) is 0. The van der Waals surface area contributed by atoms with Crippen molar-refractivity contribution in [2.24, 2.45) is 5.73 Å². The van der Waals surface area contributed by atoms with Crippen LogP contribution in [0.25, 0.3) is 11.0 Å². The minimum atomic E-state index is -0.765. The van der Waals surface area contributed by atoms with Gasteiger partial charge in [-0.1, -0.05) is 29.8 Å². The average Bonchev–Trinajstić information content (AvgIpc) is 2.89. The number of carbonyl (C=O) groups excluding carboxylic acids is 2. The molecule has 0 saturated carbocycles. The lowest BCUT2D eigenvalue weighted by Crippen LogP contribution is -2.18. The second-order valence-electron chi connectivity index (χ2n) is 4.55. The Labute approximate surface area is 130 Å². The summed E-state index contributed by atoms with van der Waals surface area (Å²) >= 11 is 5.80. The van der Waals surface area contributed by atoms with Crippen LogP contribution in [-0.2, 0) is 0 Å². The number of benzene rings is 2. The van der Waals surface area contributed by atoms with Gasteiger partial charge in [0.2, 0.25) is 5.91 Å². The van der Waals surface area contributed by atoms with Gasteiger partial charge in [0.15, 0.2) is 0 Å². The van der Waals surface area contributed by atoms with Crippen LogP contribution in [0.2, 0.25) is 5.02 Å². The van der Waals surface area contributed by atoms with Gasteiger partial charge < -0.3 is 14.9 Å². The first kappa shape index (κ1) is 14.2. The number of carbonyl (C=O) groups is 2. The van der Waals surface area contributed by atoms with E-state index in [4.69, 9.17) is 26.5 Å². The fourth-order valence-corrected chi connectivity index (χ4v) is 2.22. The van der Waals surface area contributed by atoms with E-state index in [0.717, 1.165) is 5.39 Å². The van der Waals surface area contributed by atoms with Crippen LogP contribution in [0.3, 0.4) is 0 Å². The van der Waals surface area contributed by atoms with E-state index in [0.29, 0.717) is 10.6 Å². The summed E-state index contributed by atoms with van der Waals surface area (Å²) in [4.78, 5) is 23.6. The zero-order valence-corrected chi connectivity index (χ0v) is 12.0. The Morgan fingerprint density at radius 2 is 1.82 bits per heavy atom. The minimum absolute atomic E-state index is 0.00592. The highest BCUT2D eigenvalue weighted by Crippen LogP contribution is 2.26. The summed E-state index contributed by atoms with van der Waals surface area (Å²) in [5, 5.41) is 1.10. The first-order chi connectivity index (χ1) is 10.5. The van der Waals surface area contributed by atoms with Crippen LogP contribution in [0.5, 0.6) is 5.95 Å². The van der Waals surface area contributed by atoms with E-state index in [1.54, 1.807) is 12.1 Å². The number of fused-ring (bicyclic) bond motifs is 1. The summed E-state index contributed by atoms with van der Waals surface area (Å²) in [5.41, 5.74) is 5.86. The number of esters is 1. The maximum absolute atomic E-state index is 12.2. The summed E-state index contributed by atoms with van der Waals surface area (Å²) < 4.78 is 10.6. The second kappa shape index (κ2) is 5.54. The molecule has 0 aliphatic heterocycles. The molecule has 3 rings (SSSR count). The Kier molecular flexibility index (Phi) is 3.56. The molecular formula is C16H10ClNO4. The van der Waals surface area contributed by atoms with Crippen molar-refractivity contribution in [3.8, 4) is 5.95 Å². The Hall–Kier alpha value is -2.79. The van der Waals surface area contributed by atoms with Crippen molar-refractivity contribution < 1.29 is 18.7 Å². The molecule has 1 aromatic heterocycles. The SMILES string of the molecule is NC(=O)c1cc(Cl)ccc1C(=O)Oc1cc2ccccc2o1. The molecule has 0 radical (unpaired) electrons. The maximum atomic E-state index is 12.2. The number of hydrogen-bond acceptors (Lipinski definition) is 4. The van der Waals surface area contributed by atoms with Crippen LogP contribution < -0.4 is 10.5 Å². The van der Waals surface area contributed by atoms with Gasteiger partial charge in [-0.05, 0) is 24.3 Å². The van der Waals surface area contributed by atoms with E-state index in [1.165, 1.54) is 18.2 Å². The molecule has 2 aromatic carbocycles. The normalized spacial score (nSPS) is 10.6. The number of furan rings is 1. The van der Waals surface area contributed by atoms with Crippen LogP contribution in [0.1, 0.15) is 20.7 Å². The number of halogens is 1. The molecule has 0 bridgehead atoms. The Balaban J connectivity index is 1.93. The van der Waals surface area contributed by atoms with Crippen molar-refractivity contribution in [2.45, 2.75) is 0 Å². The number of amides is 1. The molecule has 1 amide bonds. The highest BCUT2D eigenvalue weighted by atomic mass is 35.5. The van der Waals surface area contributed by atoms with Gasteiger partial charge in [-0.15, -0.1) is 0 Å².